The van der Waals surface area contributed by atoms with Crippen molar-refractivity contribution in [3.63, 3.8) is 0 Å². The summed E-state index contributed by atoms with van der Waals surface area (Å²) in [5.41, 5.74) is 1.53. The highest BCUT2D eigenvalue weighted by Crippen LogP contribution is 2.43. The van der Waals surface area contributed by atoms with E-state index in [9.17, 15) is 14.9 Å². The Balaban J connectivity index is 1.73. The third kappa shape index (κ3) is 5.85. The van der Waals surface area contributed by atoms with Crippen LogP contribution in [0.15, 0.2) is 81.8 Å². The molecule has 0 radical (unpaired) electrons. The van der Waals surface area contributed by atoms with Crippen molar-refractivity contribution in [2.75, 3.05) is 10.2 Å². The fourth-order valence-corrected chi connectivity index (χ4v) is 5.51. The van der Waals surface area contributed by atoms with Gasteiger partial charge in [0.25, 0.3) is 5.91 Å². The molecular formula is C25H15BrCl3N3O2S. The lowest BCUT2D eigenvalue weighted by molar-refractivity contribution is -0.117. The van der Waals surface area contributed by atoms with E-state index in [-0.39, 0.29) is 22.9 Å². The Morgan fingerprint density at radius 3 is 2.34 bits per heavy atom. The first-order valence-corrected chi connectivity index (χ1v) is 13.0. The molecule has 1 saturated heterocycles. The van der Waals surface area contributed by atoms with E-state index >= 15 is 0 Å². The molecule has 1 fully saturated rings. The van der Waals surface area contributed by atoms with Crippen LogP contribution in [0.25, 0.3) is 0 Å². The number of nitrogens with zero attached hydrogens (tertiary/aromatic N) is 2. The van der Waals surface area contributed by atoms with Gasteiger partial charge in [-0.3, -0.25) is 14.5 Å². The van der Waals surface area contributed by atoms with Gasteiger partial charge in [-0.25, -0.2) is 0 Å². The Morgan fingerprint density at radius 2 is 1.69 bits per heavy atom. The number of amides is 2. The minimum atomic E-state index is -0.631. The Kier molecular flexibility index (Phi) is 8.10. The zero-order valence-corrected chi connectivity index (χ0v) is 22.4. The average Bonchev–Trinajstić information content (AvgIpc) is 3.14. The van der Waals surface area contributed by atoms with Crippen molar-refractivity contribution in [1.82, 2.24) is 0 Å². The standard InChI is InChI=1S/C25H15BrCl3N3O2S/c26-15-1-8-19(9-2-15)32-24(34)22(12-14-11-17(28)5-10-21(14)29)35-25(32)20(13-30)23(33)31-18-6-3-16(27)4-7-18/h1-11,22H,12H2,(H,31,33)/b25-20-/t22-/m1/s1. The Bertz CT molecular complexity index is 1370. The first-order valence-electron chi connectivity index (χ1n) is 10.2. The van der Waals surface area contributed by atoms with Crippen molar-refractivity contribution in [2.45, 2.75) is 11.7 Å². The number of anilines is 2. The first-order chi connectivity index (χ1) is 16.8. The molecule has 4 rings (SSSR count). The molecule has 35 heavy (non-hydrogen) atoms. The van der Waals surface area contributed by atoms with Crippen LogP contribution in [-0.2, 0) is 16.0 Å². The van der Waals surface area contributed by atoms with Crippen molar-refractivity contribution in [1.29, 1.82) is 5.26 Å². The van der Waals surface area contributed by atoms with Crippen LogP contribution in [0.5, 0.6) is 0 Å². The molecule has 1 atom stereocenters. The van der Waals surface area contributed by atoms with Gasteiger partial charge in [-0.15, -0.1) is 0 Å². The van der Waals surface area contributed by atoms with Gasteiger partial charge < -0.3 is 5.32 Å². The molecule has 1 heterocycles. The van der Waals surface area contributed by atoms with Gasteiger partial charge in [-0.1, -0.05) is 62.5 Å². The van der Waals surface area contributed by atoms with Crippen LogP contribution in [-0.4, -0.2) is 17.1 Å². The van der Waals surface area contributed by atoms with Gasteiger partial charge in [0.05, 0.1) is 5.25 Å². The van der Waals surface area contributed by atoms with E-state index in [1.54, 1.807) is 66.7 Å². The minimum Gasteiger partial charge on any atom is -0.321 e. The molecule has 1 aliphatic rings. The molecule has 10 heteroatoms. The molecule has 3 aromatic rings. The summed E-state index contributed by atoms with van der Waals surface area (Å²) in [7, 11) is 0. The molecule has 1 aliphatic heterocycles. The van der Waals surface area contributed by atoms with Crippen LogP contribution in [0.1, 0.15) is 5.56 Å². The normalized spacial score (nSPS) is 16.7. The van der Waals surface area contributed by atoms with Crippen LogP contribution >= 0.6 is 62.5 Å². The molecule has 0 saturated carbocycles. The van der Waals surface area contributed by atoms with Gasteiger partial charge in [-0.05, 0) is 78.7 Å². The third-order valence-electron chi connectivity index (χ3n) is 5.11. The Labute approximate surface area is 229 Å². The molecule has 5 nitrogen and oxygen atoms in total. The van der Waals surface area contributed by atoms with Gasteiger partial charge in [-0.2, -0.15) is 5.26 Å². The van der Waals surface area contributed by atoms with E-state index in [4.69, 9.17) is 34.8 Å². The number of benzene rings is 3. The SMILES string of the molecule is N#C/C(C(=O)Nc1ccc(Cl)cc1)=C1/S[C@H](Cc2cc(Cl)ccc2Cl)C(=O)N1c1ccc(Br)cc1. The summed E-state index contributed by atoms with van der Waals surface area (Å²) >= 11 is 22.9. The minimum absolute atomic E-state index is 0.180. The van der Waals surface area contributed by atoms with Crippen molar-refractivity contribution in [3.8, 4) is 6.07 Å². The topological polar surface area (TPSA) is 73.2 Å². The molecule has 176 valence electrons. The lowest BCUT2D eigenvalue weighted by Gasteiger charge is -2.19. The number of nitrogens with one attached hydrogen (secondary N) is 1. The van der Waals surface area contributed by atoms with Crippen LogP contribution in [0.3, 0.4) is 0 Å². The smallest absolute Gasteiger partial charge is 0.269 e. The van der Waals surface area contributed by atoms with Crippen LogP contribution in [0.4, 0.5) is 11.4 Å². The number of halogens is 4. The molecule has 0 aliphatic carbocycles. The largest absolute Gasteiger partial charge is 0.321 e. The van der Waals surface area contributed by atoms with E-state index in [2.05, 4.69) is 21.2 Å². The van der Waals surface area contributed by atoms with E-state index < -0.39 is 11.2 Å². The van der Waals surface area contributed by atoms with Crippen LogP contribution in [0.2, 0.25) is 15.1 Å². The maximum atomic E-state index is 13.6. The van der Waals surface area contributed by atoms with Crippen LogP contribution < -0.4 is 10.2 Å². The highest BCUT2D eigenvalue weighted by atomic mass is 79.9. The monoisotopic (exact) mass is 605 g/mol. The second-order valence-electron chi connectivity index (χ2n) is 7.45. The number of carbonyl (C=O) groups excluding carboxylic acids is 2. The lowest BCUT2D eigenvalue weighted by Crippen LogP contribution is -2.31. The summed E-state index contributed by atoms with van der Waals surface area (Å²) in [6, 6.07) is 20.6. The zero-order valence-electron chi connectivity index (χ0n) is 17.8. The molecule has 0 bridgehead atoms. The summed E-state index contributed by atoms with van der Waals surface area (Å²) in [4.78, 5) is 28.1. The molecule has 1 N–H and O–H groups in total. The van der Waals surface area contributed by atoms with Gasteiger partial charge in [0, 0.05) is 30.9 Å². The average molecular weight is 608 g/mol. The summed E-state index contributed by atoms with van der Waals surface area (Å²) in [6.45, 7) is 0. The highest BCUT2D eigenvalue weighted by Gasteiger charge is 2.41. The lowest BCUT2D eigenvalue weighted by atomic mass is 10.1. The number of hydrogen-bond donors (Lipinski definition) is 1. The zero-order chi connectivity index (χ0) is 25.1. The molecule has 2 amide bonds. The summed E-state index contributed by atoms with van der Waals surface area (Å²) in [5.74, 6) is -0.899. The predicted octanol–water partition coefficient (Wildman–Crippen LogP) is 7.47. The second-order valence-corrected chi connectivity index (χ2v) is 10.8. The van der Waals surface area contributed by atoms with Gasteiger partial charge in [0.15, 0.2) is 0 Å². The van der Waals surface area contributed by atoms with Crippen LogP contribution in [0, 0.1) is 11.3 Å². The fourth-order valence-electron chi connectivity index (χ4n) is 3.44. The molecule has 0 aromatic heterocycles. The number of hydrogen-bond acceptors (Lipinski definition) is 4. The van der Waals surface area contributed by atoms with E-state index in [0.717, 1.165) is 16.2 Å². The van der Waals surface area contributed by atoms with Gasteiger partial charge in [0.2, 0.25) is 5.91 Å². The predicted molar refractivity (Wildman–Crippen MR) is 146 cm³/mol. The van der Waals surface area contributed by atoms with E-state index in [0.29, 0.717) is 32.0 Å². The van der Waals surface area contributed by atoms with Crippen molar-refractivity contribution >= 4 is 85.7 Å². The maximum absolute atomic E-state index is 13.6. The molecule has 3 aromatic carbocycles. The van der Waals surface area contributed by atoms with Crippen molar-refractivity contribution in [3.05, 3.63) is 102 Å². The first kappa shape index (κ1) is 25.6. The Morgan fingerprint density at radius 1 is 1.03 bits per heavy atom. The van der Waals surface area contributed by atoms with E-state index in [1.807, 2.05) is 6.07 Å². The number of thioether (sulfide) groups is 1. The number of carbonyl (C=O) groups is 2. The van der Waals surface area contributed by atoms with Crippen molar-refractivity contribution < 1.29 is 9.59 Å². The maximum Gasteiger partial charge on any atom is 0.269 e. The van der Waals surface area contributed by atoms with Gasteiger partial charge in [0.1, 0.15) is 16.7 Å². The summed E-state index contributed by atoms with van der Waals surface area (Å²) in [6.07, 6.45) is 0.275. The third-order valence-corrected chi connectivity index (χ3v) is 7.75. The molecule has 0 unspecified atom stereocenters. The van der Waals surface area contributed by atoms with Gasteiger partial charge >= 0.3 is 0 Å². The highest BCUT2D eigenvalue weighted by molar-refractivity contribution is 9.10. The Hall–Kier alpha value is -2.47. The number of rotatable bonds is 5. The second kappa shape index (κ2) is 11.1. The number of nitriles is 1. The summed E-state index contributed by atoms with van der Waals surface area (Å²) < 4.78 is 0.828. The summed E-state index contributed by atoms with van der Waals surface area (Å²) in [5, 5.41) is 13.8. The van der Waals surface area contributed by atoms with E-state index in [1.165, 1.54) is 4.90 Å². The fraction of sp³-hybridized carbons (Fsp3) is 0.0800. The quantitative estimate of drug-likeness (QED) is 0.241. The molecular weight excluding hydrogens is 593 g/mol. The van der Waals surface area contributed by atoms with Crippen molar-refractivity contribution in [2.24, 2.45) is 0 Å². The molecule has 0 spiro atoms.